The molecule has 0 unspecified atom stereocenters. The summed E-state index contributed by atoms with van der Waals surface area (Å²) in [5, 5.41) is 3.15. The first-order chi connectivity index (χ1) is 7.63. The Morgan fingerprint density at radius 3 is 2.81 bits per heavy atom. The highest BCUT2D eigenvalue weighted by Gasteiger charge is 2.05. The summed E-state index contributed by atoms with van der Waals surface area (Å²) in [7, 11) is 4.10. The van der Waals surface area contributed by atoms with E-state index in [4.69, 9.17) is 0 Å². The second-order valence-corrected chi connectivity index (χ2v) is 5.55. The van der Waals surface area contributed by atoms with E-state index in [9.17, 15) is 0 Å². The van der Waals surface area contributed by atoms with Gasteiger partial charge in [0.15, 0.2) is 0 Å². The van der Waals surface area contributed by atoms with Gasteiger partial charge < -0.3 is 10.2 Å². The van der Waals surface area contributed by atoms with Gasteiger partial charge in [0.05, 0.1) is 5.69 Å². The van der Waals surface area contributed by atoms with Gasteiger partial charge in [0, 0.05) is 21.7 Å². The summed E-state index contributed by atoms with van der Waals surface area (Å²) in [6, 6.07) is 2.03. The second-order valence-electron chi connectivity index (χ2n) is 3.78. The van der Waals surface area contributed by atoms with E-state index in [-0.39, 0.29) is 0 Å². The van der Waals surface area contributed by atoms with Gasteiger partial charge in [-0.1, -0.05) is 0 Å². The van der Waals surface area contributed by atoms with Crippen LogP contribution in [0.15, 0.2) is 21.2 Å². The molecule has 0 radical (unpaired) electrons. The van der Waals surface area contributed by atoms with Gasteiger partial charge in [0.1, 0.15) is 0 Å². The van der Waals surface area contributed by atoms with Crippen molar-refractivity contribution in [1.29, 1.82) is 0 Å². The van der Waals surface area contributed by atoms with E-state index >= 15 is 0 Å². The normalized spacial score (nSPS) is 11.1. The van der Waals surface area contributed by atoms with Crippen LogP contribution in [0.4, 0.5) is 0 Å². The van der Waals surface area contributed by atoms with Gasteiger partial charge in [0.25, 0.3) is 0 Å². The van der Waals surface area contributed by atoms with Crippen molar-refractivity contribution in [3.63, 3.8) is 0 Å². The summed E-state index contributed by atoms with van der Waals surface area (Å²) >= 11 is 6.93. The molecule has 5 heteroatoms. The smallest absolute Gasteiger partial charge is 0.0686 e. The molecule has 0 aromatic carbocycles. The molecule has 0 aliphatic rings. The van der Waals surface area contributed by atoms with E-state index in [1.165, 1.54) is 0 Å². The molecule has 0 atom stereocenters. The Balaban J connectivity index is 2.46. The number of rotatable bonds is 6. The zero-order valence-electron chi connectivity index (χ0n) is 9.63. The molecule has 90 valence electrons. The Hall–Kier alpha value is 0.0300. The van der Waals surface area contributed by atoms with Crippen LogP contribution >= 0.6 is 31.9 Å². The number of nitrogens with one attached hydrogen (secondary N) is 1. The Morgan fingerprint density at radius 1 is 1.44 bits per heavy atom. The molecule has 1 aromatic heterocycles. The lowest BCUT2D eigenvalue weighted by Crippen LogP contribution is -2.23. The lowest BCUT2D eigenvalue weighted by atomic mass is 10.3. The molecule has 0 spiro atoms. The summed E-state index contributed by atoms with van der Waals surface area (Å²) in [6.45, 7) is 3.00. The highest BCUT2D eigenvalue weighted by atomic mass is 79.9. The number of pyridine rings is 1. The van der Waals surface area contributed by atoms with Crippen LogP contribution in [0, 0.1) is 0 Å². The Labute approximate surface area is 114 Å². The van der Waals surface area contributed by atoms with Crippen molar-refractivity contribution in [2.45, 2.75) is 13.0 Å². The lowest BCUT2D eigenvalue weighted by molar-refractivity contribution is 0.316. The minimum atomic E-state index is 0.873. The maximum absolute atomic E-state index is 4.39. The average Bonchev–Trinajstić information content (AvgIpc) is 2.23. The van der Waals surface area contributed by atoms with Crippen LogP contribution in [0.2, 0.25) is 0 Å². The number of hydrogen-bond donors (Lipinski definition) is 1. The molecule has 1 aromatic rings. The van der Waals surface area contributed by atoms with Gasteiger partial charge in [-0.15, -0.1) is 0 Å². The number of halogens is 2. The maximum Gasteiger partial charge on any atom is 0.0686 e. The monoisotopic (exact) mass is 349 g/mol. The van der Waals surface area contributed by atoms with Crippen molar-refractivity contribution in [1.82, 2.24) is 15.2 Å². The predicted octanol–water partition coefficient (Wildman–Crippen LogP) is 2.65. The quantitative estimate of drug-likeness (QED) is 0.799. The summed E-state index contributed by atoms with van der Waals surface area (Å²) in [6.07, 6.45) is 2.99. The minimum Gasteiger partial charge on any atom is -0.320 e. The third kappa shape index (κ3) is 4.91. The molecule has 0 aliphatic carbocycles. The van der Waals surface area contributed by atoms with Crippen LogP contribution < -0.4 is 5.32 Å². The Kier molecular flexibility index (Phi) is 6.49. The fourth-order valence-corrected chi connectivity index (χ4v) is 2.53. The topological polar surface area (TPSA) is 28.2 Å². The fraction of sp³-hybridized carbons (Fsp3) is 0.545. The van der Waals surface area contributed by atoms with Gasteiger partial charge in [0.2, 0.25) is 0 Å². The van der Waals surface area contributed by atoms with Crippen molar-refractivity contribution in [2.24, 2.45) is 0 Å². The molecule has 0 fully saturated rings. The van der Waals surface area contributed by atoms with Crippen LogP contribution in [0.1, 0.15) is 12.1 Å². The predicted molar refractivity (Wildman–Crippen MR) is 74.5 cm³/mol. The largest absolute Gasteiger partial charge is 0.320 e. The number of nitrogens with zero attached hydrogens (tertiary/aromatic N) is 2. The van der Waals surface area contributed by atoms with Crippen LogP contribution in [0.3, 0.4) is 0 Å². The zero-order chi connectivity index (χ0) is 12.0. The van der Waals surface area contributed by atoms with E-state index < -0.39 is 0 Å². The maximum atomic E-state index is 4.39. The molecule has 1 N–H and O–H groups in total. The fourth-order valence-electron chi connectivity index (χ4n) is 1.42. The van der Waals surface area contributed by atoms with Crippen LogP contribution in [0.5, 0.6) is 0 Å². The third-order valence-electron chi connectivity index (χ3n) is 2.27. The van der Waals surface area contributed by atoms with Crippen molar-refractivity contribution in [3.8, 4) is 0 Å². The van der Waals surface area contributed by atoms with Crippen molar-refractivity contribution < 1.29 is 0 Å². The van der Waals surface area contributed by atoms with Crippen LogP contribution in [-0.4, -0.2) is 37.1 Å². The SMILES string of the molecule is CNCCCN(C)Cc1ncc(Br)cc1Br. The first-order valence-electron chi connectivity index (χ1n) is 5.26. The van der Waals surface area contributed by atoms with Gasteiger partial charge in [-0.05, 0) is 71.5 Å². The standard InChI is InChI=1S/C11H17Br2N3/c1-14-4-3-5-16(2)8-11-10(13)6-9(12)7-15-11/h6-7,14H,3-5,8H2,1-2H3. The number of hydrogen-bond acceptors (Lipinski definition) is 3. The van der Waals surface area contributed by atoms with Crippen molar-refractivity contribution >= 4 is 31.9 Å². The van der Waals surface area contributed by atoms with Gasteiger partial charge in [-0.2, -0.15) is 0 Å². The molecule has 0 saturated carbocycles. The molecule has 3 nitrogen and oxygen atoms in total. The van der Waals surface area contributed by atoms with Gasteiger partial charge >= 0.3 is 0 Å². The van der Waals surface area contributed by atoms with Gasteiger partial charge in [-0.3, -0.25) is 4.98 Å². The van der Waals surface area contributed by atoms with E-state index in [0.717, 1.165) is 40.7 Å². The second kappa shape index (κ2) is 7.37. The molecule has 16 heavy (non-hydrogen) atoms. The molecule has 0 aliphatic heterocycles. The van der Waals surface area contributed by atoms with E-state index in [1.807, 2.05) is 19.3 Å². The van der Waals surface area contributed by atoms with Crippen LogP contribution in [-0.2, 0) is 6.54 Å². The molecule has 0 saturated heterocycles. The van der Waals surface area contributed by atoms with Crippen molar-refractivity contribution in [2.75, 3.05) is 27.2 Å². The lowest BCUT2D eigenvalue weighted by Gasteiger charge is -2.16. The molecule has 0 bridgehead atoms. The van der Waals surface area contributed by atoms with Gasteiger partial charge in [-0.25, -0.2) is 0 Å². The molecule has 1 rings (SSSR count). The molecular formula is C11H17Br2N3. The van der Waals surface area contributed by atoms with E-state index in [0.29, 0.717) is 0 Å². The molecule has 1 heterocycles. The summed E-state index contributed by atoms with van der Waals surface area (Å²) in [4.78, 5) is 6.67. The zero-order valence-corrected chi connectivity index (χ0v) is 12.8. The highest BCUT2D eigenvalue weighted by molar-refractivity contribution is 9.11. The summed E-state index contributed by atoms with van der Waals surface area (Å²) < 4.78 is 2.06. The minimum absolute atomic E-state index is 0.873. The van der Waals surface area contributed by atoms with E-state index in [1.54, 1.807) is 0 Å². The molecular weight excluding hydrogens is 334 g/mol. The first-order valence-corrected chi connectivity index (χ1v) is 6.85. The summed E-state index contributed by atoms with van der Waals surface area (Å²) in [5.41, 5.74) is 1.08. The molecule has 0 amide bonds. The summed E-state index contributed by atoms with van der Waals surface area (Å²) in [5.74, 6) is 0. The average molecular weight is 351 g/mol. The Bertz CT molecular complexity index is 331. The first kappa shape index (κ1) is 14.1. The van der Waals surface area contributed by atoms with Crippen LogP contribution in [0.25, 0.3) is 0 Å². The third-order valence-corrected chi connectivity index (χ3v) is 3.39. The highest BCUT2D eigenvalue weighted by Crippen LogP contribution is 2.20. The van der Waals surface area contributed by atoms with Crippen molar-refractivity contribution in [3.05, 3.63) is 26.9 Å². The van der Waals surface area contributed by atoms with E-state index in [2.05, 4.69) is 54.1 Å². The number of aromatic nitrogens is 1. The Morgan fingerprint density at radius 2 is 2.19 bits per heavy atom.